The molecule has 0 saturated heterocycles. The average molecular weight is 299 g/mol. The first-order valence-electron chi connectivity index (χ1n) is 5.75. The molecule has 0 spiro atoms. The van der Waals surface area contributed by atoms with Crippen molar-refractivity contribution < 1.29 is 27.1 Å². The Kier molecular flexibility index (Phi) is 3.93. The van der Waals surface area contributed by atoms with Crippen LogP contribution in [0.3, 0.4) is 0 Å². The van der Waals surface area contributed by atoms with Crippen LogP contribution in [0.1, 0.15) is 15.9 Å². The number of alkyl halides is 3. The zero-order chi connectivity index (χ0) is 15.6. The Hall–Kier alpha value is -2.44. The third-order valence-corrected chi connectivity index (χ3v) is 2.73. The van der Waals surface area contributed by atoms with Gasteiger partial charge < -0.3 is 4.74 Å². The summed E-state index contributed by atoms with van der Waals surface area (Å²) in [4.78, 5) is 15.1. The highest BCUT2D eigenvalue weighted by molar-refractivity contribution is 5.96. The molecule has 0 fully saturated rings. The molecule has 7 heteroatoms. The van der Waals surface area contributed by atoms with Crippen molar-refractivity contribution in [3.63, 3.8) is 0 Å². The van der Waals surface area contributed by atoms with E-state index in [1.165, 1.54) is 6.07 Å². The van der Waals surface area contributed by atoms with Crippen molar-refractivity contribution in [3.8, 4) is 11.3 Å². The Balaban J connectivity index is 2.61. The van der Waals surface area contributed by atoms with Gasteiger partial charge in [0.05, 0.1) is 23.9 Å². The van der Waals surface area contributed by atoms with E-state index in [4.69, 9.17) is 0 Å². The Morgan fingerprint density at radius 2 is 1.90 bits per heavy atom. The number of halogens is 4. The van der Waals surface area contributed by atoms with Crippen LogP contribution in [0.25, 0.3) is 11.3 Å². The summed E-state index contributed by atoms with van der Waals surface area (Å²) in [6.45, 7) is 0. The first-order valence-corrected chi connectivity index (χ1v) is 5.75. The second-order valence-electron chi connectivity index (χ2n) is 4.10. The molecule has 3 nitrogen and oxygen atoms in total. The van der Waals surface area contributed by atoms with Gasteiger partial charge in [0, 0.05) is 5.56 Å². The molecular formula is C14H9F4NO2. The molecule has 0 aliphatic rings. The average Bonchev–Trinajstić information content (AvgIpc) is 2.45. The summed E-state index contributed by atoms with van der Waals surface area (Å²) in [5.74, 6) is -1.72. The van der Waals surface area contributed by atoms with Crippen LogP contribution in [-0.2, 0) is 10.9 Å². The van der Waals surface area contributed by atoms with E-state index in [0.717, 1.165) is 37.4 Å². The zero-order valence-electron chi connectivity index (χ0n) is 10.7. The van der Waals surface area contributed by atoms with Crippen LogP contribution in [0.5, 0.6) is 0 Å². The lowest BCUT2D eigenvalue weighted by atomic mass is 10.0. The van der Waals surface area contributed by atoms with Gasteiger partial charge >= 0.3 is 12.1 Å². The van der Waals surface area contributed by atoms with Gasteiger partial charge in [-0.05, 0) is 24.3 Å². The fourth-order valence-corrected chi connectivity index (χ4v) is 1.77. The third-order valence-electron chi connectivity index (χ3n) is 2.73. The van der Waals surface area contributed by atoms with Crippen LogP contribution in [0.2, 0.25) is 0 Å². The molecule has 0 unspecified atom stereocenters. The minimum absolute atomic E-state index is 0.0234. The van der Waals surface area contributed by atoms with E-state index >= 15 is 0 Å². The minimum Gasteiger partial charge on any atom is -0.465 e. The van der Waals surface area contributed by atoms with E-state index < -0.39 is 23.7 Å². The van der Waals surface area contributed by atoms with Gasteiger partial charge in [0.25, 0.3) is 0 Å². The van der Waals surface area contributed by atoms with Gasteiger partial charge in [-0.3, -0.25) is 0 Å². The monoisotopic (exact) mass is 299 g/mol. The van der Waals surface area contributed by atoms with Crippen molar-refractivity contribution in [1.29, 1.82) is 0 Å². The van der Waals surface area contributed by atoms with Gasteiger partial charge in [-0.2, -0.15) is 17.6 Å². The lowest BCUT2D eigenvalue weighted by Crippen LogP contribution is -2.08. The second kappa shape index (κ2) is 5.51. The summed E-state index contributed by atoms with van der Waals surface area (Å²) < 4.78 is 55.9. The van der Waals surface area contributed by atoms with E-state index in [0.29, 0.717) is 0 Å². The van der Waals surface area contributed by atoms with Crippen LogP contribution in [0, 0.1) is 5.95 Å². The molecular weight excluding hydrogens is 290 g/mol. The quantitative estimate of drug-likeness (QED) is 0.482. The summed E-state index contributed by atoms with van der Waals surface area (Å²) in [6.07, 6.45) is -4.55. The number of nitrogens with zero attached hydrogens (tertiary/aromatic N) is 1. The van der Waals surface area contributed by atoms with Gasteiger partial charge in [0.1, 0.15) is 0 Å². The molecule has 21 heavy (non-hydrogen) atoms. The number of carbonyl (C=O) groups is 1. The standard InChI is InChI=1S/C14H9F4NO2/c1-21-13(20)10-5-6-11(15)19-12(10)8-3-2-4-9(7-8)14(16,17)18/h2-7H,1H3. The van der Waals surface area contributed by atoms with Gasteiger partial charge in [-0.1, -0.05) is 12.1 Å². The van der Waals surface area contributed by atoms with Gasteiger partial charge in [0.2, 0.25) is 5.95 Å². The molecule has 1 aromatic heterocycles. The van der Waals surface area contributed by atoms with E-state index in [-0.39, 0.29) is 16.8 Å². The smallest absolute Gasteiger partial charge is 0.416 e. The number of esters is 1. The second-order valence-corrected chi connectivity index (χ2v) is 4.10. The summed E-state index contributed by atoms with van der Waals surface area (Å²) >= 11 is 0. The topological polar surface area (TPSA) is 39.2 Å². The highest BCUT2D eigenvalue weighted by atomic mass is 19.4. The maximum absolute atomic E-state index is 13.2. The molecule has 0 N–H and O–H groups in total. The van der Waals surface area contributed by atoms with Crippen molar-refractivity contribution in [3.05, 3.63) is 53.5 Å². The van der Waals surface area contributed by atoms with Crippen LogP contribution < -0.4 is 0 Å². The number of ether oxygens (including phenoxy) is 1. The highest BCUT2D eigenvalue weighted by Gasteiger charge is 2.31. The maximum Gasteiger partial charge on any atom is 0.416 e. The van der Waals surface area contributed by atoms with Crippen molar-refractivity contribution >= 4 is 5.97 Å². The van der Waals surface area contributed by atoms with E-state index in [1.807, 2.05) is 0 Å². The fourth-order valence-electron chi connectivity index (χ4n) is 1.77. The molecule has 0 aliphatic heterocycles. The largest absolute Gasteiger partial charge is 0.465 e. The summed E-state index contributed by atoms with van der Waals surface area (Å²) in [5.41, 5.74) is -1.25. The summed E-state index contributed by atoms with van der Waals surface area (Å²) in [5, 5.41) is 0. The predicted octanol–water partition coefficient (Wildman–Crippen LogP) is 3.69. The Bertz CT molecular complexity index is 683. The summed E-state index contributed by atoms with van der Waals surface area (Å²) in [6, 6.07) is 6.19. The fraction of sp³-hybridized carbons (Fsp3) is 0.143. The number of hydrogen-bond donors (Lipinski definition) is 0. The Morgan fingerprint density at radius 1 is 1.19 bits per heavy atom. The SMILES string of the molecule is COC(=O)c1ccc(F)nc1-c1cccc(C(F)(F)F)c1. The predicted molar refractivity (Wildman–Crippen MR) is 66.0 cm³/mol. The normalized spacial score (nSPS) is 11.3. The number of hydrogen-bond acceptors (Lipinski definition) is 3. The number of methoxy groups -OCH3 is 1. The summed E-state index contributed by atoms with van der Waals surface area (Å²) in [7, 11) is 1.11. The molecule has 0 radical (unpaired) electrons. The molecule has 1 aromatic carbocycles. The molecule has 0 amide bonds. The molecule has 2 aromatic rings. The Labute approximate surface area is 117 Å². The van der Waals surface area contributed by atoms with E-state index in [2.05, 4.69) is 9.72 Å². The van der Waals surface area contributed by atoms with Crippen LogP contribution in [0.15, 0.2) is 36.4 Å². The lowest BCUT2D eigenvalue weighted by molar-refractivity contribution is -0.137. The molecule has 0 saturated carbocycles. The minimum atomic E-state index is -4.55. The number of pyridine rings is 1. The van der Waals surface area contributed by atoms with Gasteiger partial charge in [0.15, 0.2) is 0 Å². The molecule has 2 rings (SSSR count). The van der Waals surface area contributed by atoms with Crippen molar-refractivity contribution in [2.24, 2.45) is 0 Å². The van der Waals surface area contributed by atoms with Gasteiger partial charge in [-0.15, -0.1) is 0 Å². The first-order chi connectivity index (χ1) is 9.82. The van der Waals surface area contributed by atoms with E-state index in [1.54, 1.807) is 0 Å². The van der Waals surface area contributed by atoms with Crippen molar-refractivity contribution in [1.82, 2.24) is 4.98 Å². The molecule has 0 atom stereocenters. The first kappa shape index (κ1) is 15.0. The highest BCUT2D eigenvalue weighted by Crippen LogP contribution is 2.32. The molecule has 0 bridgehead atoms. The molecule has 1 heterocycles. The number of aromatic nitrogens is 1. The zero-order valence-corrected chi connectivity index (χ0v) is 10.7. The third kappa shape index (κ3) is 3.18. The number of rotatable bonds is 2. The number of benzene rings is 1. The van der Waals surface area contributed by atoms with Crippen molar-refractivity contribution in [2.45, 2.75) is 6.18 Å². The lowest BCUT2D eigenvalue weighted by Gasteiger charge is -2.10. The van der Waals surface area contributed by atoms with Crippen molar-refractivity contribution in [2.75, 3.05) is 7.11 Å². The van der Waals surface area contributed by atoms with Crippen LogP contribution in [0.4, 0.5) is 17.6 Å². The van der Waals surface area contributed by atoms with E-state index in [9.17, 15) is 22.4 Å². The maximum atomic E-state index is 13.2. The van der Waals surface area contributed by atoms with Crippen LogP contribution in [-0.4, -0.2) is 18.1 Å². The van der Waals surface area contributed by atoms with Gasteiger partial charge in [-0.25, -0.2) is 9.78 Å². The Morgan fingerprint density at radius 3 is 2.52 bits per heavy atom. The number of carbonyl (C=O) groups excluding carboxylic acids is 1. The molecule has 0 aliphatic carbocycles. The van der Waals surface area contributed by atoms with Crippen LogP contribution >= 0.6 is 0 Å². The molecule has 110 valence electrons.